The monoisotopic (exact) mass is 306 g/mol. The lowest BCUT2D eigenvalue weighted by atomic mass is 10.0. The van der Waals surface area contributed by atoms with Crippen LogP contribution in [-0.2, 0) is 25.9 Å². The van der Waals surface area contributed by atoms with E-state index in [0.29, 0.717) is 0 Å². The molecule has 1 aliphatic heterocycles. The van der Waals surface area contributed by atoms with Crippen LogP contribution in [0.3, 0.4) is 0 Å². The Morgan fingerprint density at radius 3 is 2.83 bits per heavy atom. The Balaban J connectivity index is 1.76. The molecule has 0 spiro atoms. The molecule has 0 aliphatic carbocycles. The van der Waals surface area contributed by atoms with Gasteiger partial charge in [0.1, 0.15) is 6.33 Å². The van der Waals surface area contributed by atoms with Crippen LogP contribution in [0.4, 0.5) is 0 Å². The molecule has 1 aliphatic rings. The van der Waals surface area contributed by atoms with Gasteiger partial charge in [-0.25, -0.2) is 9.97 Å². The van der Waals surface area contributed by atoms with E-state index in [1.54, 1.807) is 6.33 Å². The van der Waals surface area contributed by atoms with E-state index in [1.165, 1.54) is 33.3 Å². The molecule has 0 saturated heterocycles. The van der Waals surface area contributed by atoms with Gasteiger partial charge in [0.2, 0.25) is 0 Å². The van der Waals surface area contributed by atoms with E-state index in [-0.39, 0.29) is 0 Å². The van der Waals surface area contributed by atoms with E-state index in [9.17, 15) is 0 Å². The average Bonchev–Trinajstić information content (AvgIpc) is 2.86. The minimum Gasteiger partial charge on any atom is -0.344 e. The highest BCUT2D eigenvalue weighted by molar-refractivity contribution is 5.86. The SMILES string of the molecule is Cc1ccc2c(c1)c1c(n2CCc2cncnc2)CCN(C)C1. The minimum atomic E-state index is 0.973. The molecule has 2 aromatic heterocycles. The van der Waals surface area contributed by atoms with Gasteiger partial charge in [-0.3, -0.25) is 0 Å². The zero-order chi connectivity index (χ0) is 15.8. The Bertz CT molecular complexity index is 835. The Labute approximate surface area is 136 Å². The molecule has 3 heterocycles. The number of hydrogen-bond acceptors (Lipinski definition) is 3. The molecule has 0 unspecified atom stereocenters. The summed E-state index contributed by atoms with van der Waals surface area (Å²) in [7, 11) is 2.21. The van der Waals surface area contributed by atoms with E-state index >= 15 is 0 Å². The normalized spacial score (nSPS) is 15.0. The van der Waals surface area contributed by atoms with E-state index in [1.807, 2.05) is 12.4 Å². The van der Waals surface area contributed by atoms with E-state index in [4.69, 9.17) is 0 Å². The standard InChI is InChI=1S/C19H22N4/c1-14-3-4-18-16(9-14)17-12-22(2)7-6-19(17)23(18)8-5-15-10-20-13-21-11-15/h3-4,9-11,13H,5-8,12H2,1-2H3. The third kappa shape index (κ3) is 2.63. The molecular formula is C19H22N4. The van der Waals surface area contributed by atoms with Crippen LogP contribution in [0.25, 0.3) is 10.9 Å². The second kappa shape index (κ2) is 5.78. The fourth-order valence-corrected chi connectivity index (χ4v) is 3.65. The van der Waals surface area contributed by atoms with Crippen molar-refractivity contribution in [1.82, 2.24) is 19.4 Å². The first-order valence-electron chi connectivity index (χ1n) is 8.25. The lowest BCUT2D eigenvalue weighted by Crippen LogP contribution is -2.27. The number of fused-ring (bicyclic) bond motifs is 3. The highest BCUT2D eigenvalue weighted by atomic mass is 15.1. The van der Waals surface area contributed by atoms with Crippen LogP contribution in [0.15, 0.2) is 36.9 Å². The van der Waals surface area contributed by atoms with Crippen LogP contribution in [0.5, 0.6) is 0 Å². The molecule has 4 heteroatoms. The molecule has 4 nitrogen and oxygen atoms in total. The van der Waals surface area contributed by atoms with Crippen LogP contribution in [0.2, 0.25) is 0 Å². The van der Waals surface area contributed by atoms with Crippen LogP contribution in [-0.4, -0.2) is 33.0 Å². The van der Waals surface area contributed by atoms with Gasteiger partial charge < -0.3 is 9.47 Å². The molecule has 0 amide bonds. The van der Waals surface area contributed by atoms with Crippen molar-refractivity contribution in [3.63, 3.8) is 0 Å². The molecular weight excluding hydrogens is 284 g/mol. The number of hydrogen-bond donors (Lipinski definition) is 0. The van der Waals surface area contributed by atoms with Gasteiger partial charge in [-0.15, -0.1) is 0 Å². The smallest absolute Gasteiger partial charge is 0.115 e. The second-order valence-electron chi connectivity index (χ2n) is 6.58. The lowest BCUT2D eigenvalue weighted by molar-refractivity contribution is 0.309. The van der Waals surface area contributed by atoms with Crippen LogP contribution in [0.1, 0.15) is 22.4 Å². The molecule has 0 atom stereocenters. The van der Waals surface area contributed by atoms with Crippen molar-refractivity contribution in [1.29, 1.82) is 0 Å². The summed E-state index contributed by atoms with van der Waals surface area (Å²) in [6.07, 6.45) is 7.53. The Morgan fingerprint density at radius 1 is 1.17 bits per heavy atom. The predicted octanol–water partition coefficient (Wildman–Crippen LogP) is 2.97. The van der Waals surface area contributed by atoms with Gasteiger partial charge in [0.25, 0.3) is 0 Å². The number of benzene rings is 1. The van der Waals surface area contributed by atoms with Crippen LogP contribution >= 0.6 is 0 Å². The molecule has 0 saturated carbocycles. The maximum atomic E-state index is 4.13. The van der Waals surface area contributed by atoms with Crippen molar-refractivity contribution in [3.05, 3.63) is 59.3 Å². The third-order valence-corrected chi connectivity index (χ3v) is 4.84. The highest BCUT2D eigenvalue weighted by Gasteiger charge is 2.22. The zero-order valence-electron chi connectivity index (χ0n) is 13.8. The molecule has 4 rings (SSSR count). The summed E-state index contributed by atoms with van der Waals surface area (Å²) >= 11 is 0. The van der Waals surface area contributed by atoms with Gasteiger partial charge in [-0.2, -0.15) is 0 Å². The van der Waals surface area contributed by atoms with Crippen molar-refractivity contribution in [2.24, 2.45) is 0 Å². The molecule has 3 aromatic rings. The van der Waals surface area contributed by atoms with Gasteiger partial charge in [0.05, 0.1) is 0 Å². The second-order valence-corrected chi connectivity index (χ2v) is 6.58. The zero-order valence-corrected chi connectivity index (χ0v) is 13.8. The number of likely N-dealkylation sites (N-methyl/N-ethyl adjacent to an activating group) is 1. The Kier molecular flexibility index (Phi) is 3.62. The molecule has 0 bridgehead atoms. The van der Waals surface area contributed by atoms with Crippen molar-refractivity contribution in [2.75, 3.05) is 13.6 Å². The molecule has 1 aromatic carbocycles. The van der Waals surface area contributed by atoms with Crippen LogP contribution < -0.4 is 0 Å². The summed E-state index contributed by atoms with van der Waals surface area (Å²) < 4.78 is 2.52. The van der Waals surface area contributed by atoms with E-state index in [0.717, 1.165) is 32.5 Å². The number of rotatable bonds is 3. The number of aromatic nitrogens is 3. The maximum Gasteiger partial charge on any atom is 0.115 e. The summed E-state index contributed by atoms with van der Waals surface area (Å²) in [5.41, 5.74) is 6.93. The third-order valence-electron chi connectivity index (χ3n) is 4.84. The summed E-state index contributed by atoms with van der Waals surface area (Å²) in [4.78, 5) is 10.7. The quantitative estimate of drug-likeness (QED) is 0.746. The van der Waals surface area contributed by atoms with Crippen molar-refractivity contribution in [2.45, 2.75) is 32.9 Å². The molecule has 0 fully saturated rings. The predicted molar refractivity (Wildman–Crippen MR) is 92.4 cm³/mol. The first-order valence-corrected chi connectivity index (χ1v) is 8.25. The first kappa shape index (κ1) is 14.4. The Morgan fingerprint density at radius 2 is 2.00 bits per heavy atom. The maximum absolute atomic E-state index is 4.13. The topological polar surface area (TPSA) is 34.0 Å². The fourth-order valence-electron chi connectivity index (χ4n) is 3.65. The molecule has 23 heavy (non-hydrogen) atoms. The first-order chi connectivity index (χ1) is 11.2. The molecule has 118 valence electrons. The van der Waals surface area contributed by atoms with Crippen molar-refractivity contribution < 1.29 is 0 Å². The summed E-state index contributed by atoms with van der Waals surface area (Å²) in [6.45, 7) is 5.36. The minimum absolute atomic E-state index is 0.973. The highest BCUT2D eigenvalue weighted by Crippen LogP contribution is 2.31. The summed E-state index contributed by atoms with van der Waals surface area (Å²) in [5, 5.41) is 1.43. The van der Waals surface area contributed by atoms with Crippen LogP contribution in [0, 0.1) is 6.92 Å². The fraction of sp³-hybridized carbons (Fsp3) is 0.368. The van der Waals surface area contributed by atoms with Gasteiger partial charge in [-0.05, 0) is 43.7 Å². The average molecular weight is 306 g/mol. The molecule has 0 N–H and O–H groups in total. The number of aryl methyl sites for hydroxylation is 3. The van der Waals surface area contributed by atoms with E-state index < -0.39 is 0 Å². The largest absolute Gasteiger partial charge is 0.344 e. The van der Waals surface area contributed by atoms with Crippen molar-refractivity contribution >= 4 is 10.9 Å². The van der Waals surface area contributed by atoms with Gasteiger partial charge >= 0.3 is 0 Å². The lowest BCUT2D eigenvalue weighted by Gasteiger charge is -2.24. The van der Waals surface area contributed by atoms with Gasteiger partial charge in [-0.1, -0.05) is 11.6 Å². The Hall–Kier alpha value is -2.20. The van der Waals surface area contributed by atoms with E-state index in [2.05, 4.69) is 51.6 Å². The molecule has 0 radical (unpaired) electrons. The summed E-state index contributed by atoms with van der Waals surface area (Å²) in [5.74, 6) is 0. The van der Waals surface area contributed by atoms with Gasteiger partial charge in [0.15, 0.2) is 0 Å². The van der Waals surface area contributed by atoms with Crippen molar-refractivity contribution in [3.8, 4) is 0 Å². The number of nitrogens with zero attached hydrogens (tertiary/aromatic N) is 4. The summed E-state index contributed by atoms with van der Waals surface area (Å²) in [6, 6.07) is 6.85. The van der Waals surface area contributed by atoms with Gasteiger partial charge in [0, 0.05) is 55.0 Å².